The third kappa shape index (κ3) is 2.85. The minimum atomic E-state index is -0.0294. The topological polar surface area (TPSA) is 61.0 Å². The highest BCUT2D eigenvalue weighted by atomic mass is 16.5. The van der Waals surface area contributed by atoms with Gasteiger partial charge in [0.15, 0.2) is 5.75 Å². The van der Waals surface area contributed by atoms with Crippen LogP contribution in [0.4, 0.5) is 0 Å². The number of nitrogens with zero attached hydrogens (tertiary/aromatic N) is 2. The van der Waals surface area contributed by atoms with Gasteiger partial charge in [-0.3, -0.25) is 9.97 Å². The Hall–Kier alpha value is -2.46. The minimum Gasteiger partial charge on any atom is -0.453 e. The maximum atomic E-state index is 5.96. The summed E-state index contributed by atoms with van der Waals surface area (Å²) in [4.78, 5) is 8.73. The molecular formula is C17H17N3O. The Morgan fingerprint density at radius 2 is 1.95 bits per heavy atom. The van der Waals surface area contributed by atoms with Crippen molar-refractivity contribution in [3.05, 3.63) is 60.6 Å². The van der Waals surface area contributed by atoms with Crippen molar-refractivity contribution in [3.8, 4) is 11.5 Å². The summed E-state index contributed by atoms with van der Waals surface area (Å²) in [7, 11) is 0. The first-order valence-corrected chi connectivity index (χ1v) is 7.01. The Morgan fingerprint density at radius 1 is 1.10 bits per heavy atom. The molecule has 2 aromatic heterocycles. The molecule has 1 unspecified atom stereocenters. The molecule has 3 aromatic rings. The van der Waals surface area contributed by atoms with Crippen molar-refractivity contribution in [2.45, 2.75) is 19.4 Å². The van der Waals surface area contributed by atoms with Crippen LogP contribution in [-0.2, 0) is 0 Å². The van der Waals surface area contributed by atoms with Crippen LogP contribution in [0.2, 0.25) is 0 Å². The van der Waals surface area contributed by atoms with E-state index in [1.807, 2.05) is 49.4 Å². The van der Waals surface area contributed by atoms with E-state index in [9.17, 15) is 0 Å². The highest BCUT2D eigenvalue weighted by Gasteiger charge is 2.07. The average molecular weight is 279 g/mol. The molecule has 0 spiro atoms. The molecule has 106 valence electrons. The van der Waals surface area contributed by atoms with Gasteiger partial charge in [0.25, 0.3) is 0 Å². The Kier molecular flexibility index (Phi) is 3.79. The molecule has 2 heterocycles. The highest BCUT2D eigenvalue weighted by Crippen LogP contribution is 2.28. The van der Waals surface area contributed by atoms with Gasteiger partial charge in [0.1, 0.15) is 11.3 Å². The predicted molar refractivity (Wildman–Crippen MR) is 83.3 cm³/mol. The normalized spacial score (nSPS) is 12.3. The molecule has 0 saturated heterocycles. The van der Waals surface area contributed by atoms with E-state index in [0.29, 0.717) is 5.75 Å². The van der Waals surface area contributed by atoms with Crippen LogP contribution < -0.4 is 10.5 Å². The number of pyridine rings is 2. The summed E-state index contributed by atoms with van der Waals surface area (Å²) in [6.07, 6.45) is 4.32. The van der Waals surface area contributed by atoms with Gasteiger partial charge in [-0.2, -0.15) is 0 Å². The van der Waals surface area contributed by atoms with Crippen molar-refractivity contribution < 1.29 is 4.74 Å². The molecule has 0 saturated carbocycles. The SMILES string of the molecule is CCC(N)c1ccc(Oc2cccc3cccnc23)cn1. The molecule has 4 nitrogen and oxygen atoms in total. The lowest BCUT2D eigenvalue weighted by molar-refractivity contribution is 0.483. The van der Waals surface area contributed by atoms with E-state index >= 15 is 0 Å². The summed E-state index contributed by atoms with van der Waals surface area (Å²) < 4.78 is 5.89. The van der Waals surface area contributed by atoms with Gasteiger partial charge in [-0.05, 0) is 30.7 Å². The number of benzene rings is 1. The molecule has 0 radical (unpaired) electrons. The summed E-state index contributed by atoms with van der Waals surface area (Å²) in [5.74, 6) is 1.41. The van der Waals surface area contributed by atoms with E-state index in [1.165, 1.54) is 0 Å². The van der Waals surface area contributed by atoms with Gasteiger partial charge in [0.05, 0.1) is 11.9 Å². The first-order valence-electron chi connectivity index (χ1n) is 7.01. The number of hydrogen-bond acceptors (Lipinski definition) is 4. The Bertz CT molecular complexity index is 735. The van der Waals surface area contributed by atoms with Crippen LogP contribution in [-0.4, -0.2) is 9.97 Å². The maximum absolute atomic E-state index is 5.96. The molecule has 0 aliphatic heterocycles. The number of para-hydroxylation sites is 1. The summed E-state index contributed by atoms with van der Waals surface area (Å²) >= 11 is 0. The van der Waals surface area contributed by atoms with E-state index in [0.717, 1.165) is 28.8 Å². The second kappa shape index (κ2) is 5.89. The number of nitrogens with two attached hydrogens (primary N) is 1. The van der Waals surface area contributed by atoms with E-state index < -0.39 is 0 Å². The van der Waals surface area contributed by atoms with Crippen LogP contribution in [0.1, 0.15) is 25.1 Å². The fourth-order valence-electron chi connectivity index (χ4n) is 2.17. The first kappa shape index (κ1) is 13.5. The summed E-state index contributed by atoms with van der Waals surface area (Å²) in [6.45, 7) is 2.04. The minimum absolute atomic E-state index is 0.0294. The second-order valence-corrected chi connectivity index (χ2v) is 4.87. The second-order valence-electron chi connectivity index (χ2n) is 4.87. The zero-order chi connectivity index (χ0) is 14.7. The zero-order valence-corrected chi connectivity index (χ0v) is 11.9. The lowest BCUT2D eigenvalue weighted by Gasteiger charge is -2.10. The molecule has 0 bridgehead atoms. The lowest BCUT2D eigenvalue weighted by Crippen LogP contribution is -2.10. The van der Waals surface area contributed by atoms with Gasteiger partial charge in [-0.1, -0.05) is 25.1 Å². The highest BCUT2D eigenvalue weighted by molar-refractivity contribution is 5.84. The van der Waals surface area contributed by atoms with Crippen molar-refractivity contribution in [1.29, 1.82) is 0 Å². The number of hydrogen-bond donors (Lipinski definition) is 1. The maximum Gasteiger partial charge on any atom is 0.153 e. The van der Waals surface area contributed by atoms with Gasteiger partial charge in [0, 0.05) is 17.6 Å². The first-order chi connectivity index (χ1) is 10.3. The summed E-state index contributed by atoms with van der Waals surface area (Å²) in [5, 5.41) is 1.05. The van der Waals surface area contributed by atoms with Gasteiger partial charge >= 0.3 is 0 Å². The molecule has 1 atom stereocenters. The van der Waals surface area contributed by atoms with Gasteiger partial charge < -0.3 is 10.5 Å². The van der Waals surface area contributed by atoms with Crippen molar-refractivity contribution in [3.63, 3.8) is 0 Å². The molecule has 4 heteroatoms. The molecular weight excluding hydrogens is 262 g/mol. The molecule has 0 aliphatic carbocycles. The molecule has 0 amide bonds. The van der Waals surface area contributed by atoms with Crippen LogP contribution >= 0.6 is 0 Å². The van der Waals surface area contributed by atoms with Crippen molar-refractivity contribution >= 4 is 10.9 Å². The largest absolute Gasteiger partial charge is 0.453 e. The van der Waals surface area contributed by atoms with Crippen LogP contribution in [0.3, 0.4) is 0 Å². The number of fused-ring (bicyclic) bond motifs is 1. The predicted octanol–water partition coefficient (Wildman–Crippen LogP) is 3.83. The zero-order valence-electron chi connectivity index (χ0n) is 11.9. The van der Waals surface area contributed by atoms with E-state index in [1.54, 1.807) is 12.4 Å². The summed E-state index contributed by atoms with van der Waals surface area (Å²) in [5.41, 5.74) is 7.68. The molecule has 2 N–H and O–H groups in total. The standard InChI is InChI=1S/C17H17N3O/c1-2-14(18)15-9-8-13(11-20-15)21-16-7-3-5-12-6-4-10-19-17(12)16/h3-11,14H,2,18H2,1H3. The monoisotopic (exact) mass is 279 g/mol. The number of aromatic nitrogens is 2. The number of ether oxygens (including phenoxy) is 1. The van der Waals surface area contributed by atoms with E-state index in [4.69, 9.17) is 10.5 Å². The quantitative estimate of drug-likeness (QED) is 0.788. The average Bonchev–Trinajstić information content (AvgIpc) is 2.55. The van der Waals surface area contributed by atoms with Crippen LogP contribution in [0.25, 0.3) is 10.9 Å². The molecule has 1 aromatic carbocycles. The van der Waals surface area contributed by atoms with Crippen molar-refractivity contribution in [1.82, 2.24) is 9.97 Å². The van der Waals surface area contributed by atoms with Gasteiger partial charge in [-0.15, -0.1) is 0 Å². The van der Waals surface area contributed by atoms with E-state index in [2.05, 4.69) is 9.97 Å². The molecule has 3 rings (SSSR count). The Balaban J connectivity index is 1.88. The van der Waals surface area contributed by atoms with Crippen molar-refractivity contribution in [2.75, 3.05) is 0 Å². The Morgan fingerprint density at radius 3 is 2.71 bits per heavy atom. The van der Waals surface area contributed by atoms with Crippen LogP contribution in [0.15, 0.2) is 54.9 Å². The number of rotatable bonds is 4. The fourth-order valence-corrected chi connectivity index (χ4v) is 2.17. The summed E-state index contributed by atoms with van der Waals surface area (Å²) in [6, 6.07) is 13.6. The van der Waals surface area contributed by atoms with Crippen LogP contribution in [0.5, 0.6) is 11.5 Å². The third-order valence-electron chi connectivity index (χ3n) is 3.40. The van der Waals surface area contributed by atoms with Crippen LogP contribution in [0, 0.1) is 0 Å². The van der Waals surface area contributed by atoms with Gasteiger partial charge in [-0.25, -0.2) is 0 Å². The lowest BCUT2D eigenvalue weighted by atomic mass is 10.1. The molecule has 21 heavy (non-hydrogen) atoms. The van der Waals surface area contributed by atoms with Crippen molar-refractivity contribution in [2.24, 2.45) is 5.73 Å². The smallest absolute Gasteiger partial charge is 0.153 e. The van der Waals surface area contributed by atoms with E-state index in [-0.39, 0.29) is 6.04 Å². The van der Waals surface area contributed by atoms with Gasteiger partial charge in [0.2, 0.25) is 0 Å². The Labute approximate surface area is 123 Å². The molecule has 0 aliphatic rings. The third-order valence-corrected chi connectivity index (χ3v) is 3.40. The molecule has 0 fully saturated rings. The fraction of sp³-hybridized carbons (Fsp3) is 0.176.